The number of ether oxygens (including phenoxy) is 1. The third-order valence-electron chi connectivity index (χ3n) is 4.86. The minimum Gasteiger partial charge on any atom is -0.465 e. The number of hydrogen-bond acceptors (Lipinski definition) is 3. The number of hydrogen-bond donors (Lipinski definition) is 0. The monoisotopic (exact) mass is 356 g/mol. The third kappa shape index (κ3) is 3.36. The summed E-state index contributed by atoms with van der Waals surface area (Å²) in [5.74, 6) is 0.535. The maximum absolute atomic E-state index is 11.9. The molecule has 0 N–H and O–H groups in total. The highest BCUT2D eigenvalue weighted by Crippen LogP contribution is 2.29. The lowest BCUT2D eigenvalue weighted by Crippen LogP contribution is -2.00. The molecule has 3 aromatic carbocycles. The smallest absolute Gasteiger partial charge is 0.337 e. The Bertz CT molecular complexity index is 1090. The van der Waals surface area contributed by atoms with Crippen LogP contribution in [0.1, 0.15) is 27.2 Å². The van der Waals surface area contributed by atoms with E-state index in [1.165, 1.54) is 23.8 Å². The van der Waals surface area contributed by atoms with Gasteiger partial charge in [-0.15, -0.1) is 0 Å². The van der Waals surface area contributed by atoms with Crippen LogP contribution in [-0.2, 0) is 11.2 Å². The van der Waals surface area contributed by atoms with E-state index in [4.69, 9.17) is 9.15 Å². The quantitative estimate of drug-likeness (QED) is 0.435. The number of methoxy groups -OCH3 is 1. The molecule has 3 heteroatoms. The van der Waals surface area contributed by atoms with Gasteiger partial charge < -0.3 is 9.15 Å². The fourth-order valence-corrected chi connectivity index (χ4v) is 3.39. The Morgan fingerprint density at radius 3 is 2.33 bits per heavy atom. The van der Waals surface area contributed by atoms with Crippen molar-refractivity contribution in [2.45, 2.75) is 13.3 Å². The fraction of sp³-hybridized carbons (Fsp3) is 0.125. The molecule has 0 unspecified atom stereocenters. The topological polar surface area (TPSA) is 39.4 Å². The van der Waals surface area contributed by atoms with E-state index < -0.39 is 0 Å². The molecule has 0 spiro atoms. The first-order valence-electron chi connectivity index (χ1n) is 8.90. The number of carbonyl (C=O) groups is 1. The van der Waals surface area contributed by atoms with Crippen molar-refractivity contribution in [3.05, 3.63) is 95.2 Å². The van der Waals surface area contributed by atoms with Crippen LogP contribution in [0.25, 0.3) is 22.1 Å². The molecular weight excluding hydrogens is 336 g/mol. The highest BCUT2D eigenvalue weighted by Gasteiger charge is 2.15. The summed E-state index contributed by atoms with van der Waals surface area (Å²) >= 11 is 0. The van der Waals surface area contributed by atoms with Crippen molar-refractivity contribution >= 4 is 16.9 Å². The summed E-state index contributed by atoms with van der Waals surface area (Å²) in [6, 6.07) is 24.3. The van der Waals surface area contributed by atoms with Gasteiger partial charge >= 0.3 is 5.97 Å². The fourth-order valence-electron chi connectivity index (χ4n) is 3.39. The van der Waals surface area contributed by atoms with Crippen LogP contribution in [0.15, 0.2) is 77.2 Å². The second-order valence-electron chi connectivity index (χ2n) is 6.58. The number of carbonyl (C=O) groups excluding carboxylic acids is 1. The summed E-state index contributed by atoms with van der Waals surface area (Å²) in [4.78, 5) is 11.9. The standard InChI is InChI=1S/C24H20O3/c1-16-21(22-15-20(24(25)26-2)12-13-23(22)27-16)14-17-8-10-19(11-9-17)18-6-4-3-5-7-18/h3-13,15H,14H2,1-2H3. The maximum atomic E-state index is 11.9. The Morgan fingerprint density at radius 1 is 0.926 bits per heavy atom. The molecule has 1 heterocycles. The number of fused-ring (bicyclic) bond motifs is 1. The molecule has 0 bridgehead atoms. The summed E-state index contributed by atoms with van der Waals surface area (Å²) in [6.07, 6.45) is 0.749. The zero-order valence-electron chi connectivity index (χ0n) is 15.4. The van der Waals surface area contributed by atoms with Gasteiger partial charge in [0.2, 0.25) is 0 Å². The Kier molecular flexibility index (Phi) is 4.51. The third-order valence-corrected chi connectivity index (χ3v) is 4.86. The van der Waals surface area contributed by atoms with Gasteiger partial charge in [-0.2, -0.15) is 0 Å². The molecule has 134 valence electrons. The van der Waals surface area contributed by atoms with Gasteiger partial charge in [0.1, 0.15) is 11.3 Å². The molecule has 27 heavy (non-hydrogen) atoms. The summed E-state index contributed by atoms with van der Waals surface area (Å²) in [5, 5.41) is 0.961. The molecule has 0 aliphatic heterocycles. The number of rotatable bonds is 4. The number of aryl methyl sites for hydroxylation is 1. The van der Waals surface area contributed by atoms with Crippen LogP contribution in [0.3, 0.4) is 0 Å². The average molecular weight is 356 g/mol. The first-order valence-corrected chi connectivity index (χ1v) is 8.90. The first kappa shape index (κ1) is 17.1. The van der Waals surface area contributed by atoms with E-state index in [-0.39, 0.29) is 5.97 Å². The van der Waals surface area contributed by atoms with Crippen LogP contribution in [0, 0.1) is 6.92 Å². The van der Waals surface area contributed by atoms with E-state index >= 15 is 0 Å². The van der Waals surface area contributed by atoms with Gasteiger partial charge in [-0.1, -0.05) is 54.6 Å². The molecule has 0 saturated heterocycles. The SMILES string of the molecule is COC(=O)c1ccc2oc(C)c(Cc3ccc(-c4ccccc4)cc3)c2c1. The molecule has 0 radical (unpaired) electrons. The number of esters is 1. The molecular formula is C24H20O3. The minimum absolute atomic E-state index is 0.339. The van der Waals surface area contributed by atoms with Gasteiger partial charge in [-0.05, 0) is 41.8 Å². The van der Waals surface area contributed by atoms with Crippen molar-refractivity contribution in [2.75, 3.05) is 7.11 Å². The second kappa shape index (κ2) is 7.12. The highest BCUT2D eigenvalue weighted by atomic mass is 16.5. The van der Waals surface area contributed by atoms with Crippen LogP contribution >= 0.6 is 0 Å². The van der Waals surface area contributed by atoms with E-state index in [1.807, 2.05) is 37.3 Å². The van der Waals surface area contributed by atoms with Crippen molar-refractivity contribution < 1.29 is 13.9 Å². The lowest BCUT2D eigenvalue weighted by molar-refractivity contribution is 0.0601. The second-order valence-corrected chi connectivity index (χ2v) is 6.58. The Labute approximate surface area is 158 Å². The molecule has 0 aliphatic rings. The average Bonchev–Trinajstić information content (AvgIpc) is 3.03. The van der Waals surface area contributed by atoms with E-state index in [9.17, 15) is 4.79 Å². The molecule has 4 aromatic rings. The molecule has 0 atom stereocenters. The van der Waals surface area contributed by atoms with Gasteiger partial charge in [-0.25, -0.2) is 4.79 Å². The zero-order chi connectivity index (χ0) is 18.8. The van der Waals surface area contributed by atoms with E-state index in [0.29, 0.717) is 5.56 Å². The predicted molar refractivity (Wildman–Crippen MR) is 107 cm³/mol. The van der Waals surface area contributed by atoms with Crippen molar-refractivity contribution in [1.29, 1.82) is 0 Å². The first-order chi connectivity index (χ1) is 13.2. The normalized spacial score (nSPS) is 10.9. The van der Waals surface area contributed by atoms with Crippen molar-refractivity contribution in [3.8, 4) is 11.1 Å². The largest absolute Gasteiger partial charge is 0.465 e. The van der Waals surface area contributed by atoms with Crippen LogP contribution in [0.5, 0.6) is 0 Å². The Balaban J connectivity index is 1.66. The Morgan fingerprint density at radius 2 is 1.63 bits per heavy atom. The summed E-state index contributed by atoms with van der Waals surface area (Å²) in [7, 11) is 1.39. The van der Waals surface area contributed by atoms with Gasteiger partial charge in [0.25, 0.3) is 0 Å². The van der Waals surface area contributed by atoms with Gasteiger partial charge in [-0.3, -0.25) is 0 Å². The lowest BCUT2D eigenvalue weighted by Gasteiger charge is -2.05. The summed E-state index contributed by atoms with van der Waals surface area (Å²) in [6.45, 7) is 1.96. The zero-order valence-corrected chi connectivity index (χ0v) is 15.4. The summed E-state index contributed by atoms with van der Waals surface area (Å²) in [5.41, 5.74) is 6.02. The molecule has 3 nitrogen and oxygen atoms in total. The van der Waals surface area contributed by atoms with Crippen molar-refractivity contribution in [2.24, 2.45) is 0 Å². The predicted octanol–water partition coefficient (Wildman–Crippen LogP) is 5.79. The minimum atomic E-state index is -0.339. The molecule has 4 rings (SSSR count). The number of furan rings is 1. The molecule has 0 amide bonds. The van der Waals surface area contributed by atoms with Gasteiger partial charge in [0.15, 0.2) is 0 Å². The number of benzene rings is 3. The van der Waals surface area contributed by atoms with Crippen LogP contribution in [-0.4, -0.2) is 13.1 Å². The highest BCUT2D eigenvalue weighted by molar-refractivity contribution is 5.95. The van der Waals surface area contributed by atoms with Crippen LogP contribution < -0.4 is 0 Å². The van der Waals surface area contributed by atoms with E-state index in [0.717, 1.165) is 28.7 Å². The van der Waals surface area contributed by atoms with E-state index in [2.05, 4.69) is 36.4 Å². The Hall–Kier alpha value is -3.33. The molecule has 1 aromatic heterocycles. The van der Waals surface area contributed by atoms with Crippen LogP contribution in [0.4, 0.5) is 0 Å². The van der Waals surface area contributed by atoms with Gasteiger partial charge in [0.05, 0.1) is 12.7 Å². The van der Waals surface area contributed by atoms with Crippen molar-refractivity contribution in [1.82, 2.24) is 0 Å². The molecule has 0 fully saturated rings. The summed E-state index contributed by atoms with van der Waals surface area (Å²) < 4.78 is 10.7. The molecule has 0 saturated carbocycles. The van der Waals surface area contributed by atoms with E-state index in [1.54, 1.807) is 6.07 Å². The van der Waals surface area contributed by atoms with Gasteiger partial charge in [0, 0.05) is 17.4 Å². The van der Waals surface area contributed by atoms with Crippen molar-refractivity contribution in [3.63, 3.8) is 0 Å². The molecule has 0 aliphatic carbocycles. The maximum Gasteiger partial charge on any atom is 0.337 e. The lowest BCUT2D eigenvalue weighted by atomic mass is 9.98. The van der Waals surface area contributed by atoms with Crippen LogP contribution in [0.2, 0.25) is 0 Å².